The number of alkyl halides is 3. The lowest BCUT2D eigenvalue weighted by Crippen LogP contribution is -2.05. The summed E-state index contributed by atoms with van der Waals surface area (Å²) in [6.45, 7) is 0.185. The minimum Gasteiger partial charge on any atom is -0.488 e. The molecule has 0 heterocycles. The first-order valence-corrected chi connectivity index (χ1v) is 8.06. The number of hydrogen-bond acceptors (Lipinski definition) is 2. The molecule has 0 aliphatic heterocycles. The maximum atomic E-state index is 12.9. The van der Waals surface area contributed by atoms with Gasteiger partial charge < -0.3 is 9.84 Å². The number of halogens is 3. The highest BCUT2D eigenvalue weighted by molar-refractivity contribution is 5.92. The van der Waals surface area contributed by atoms with Crippen molar-refractivity contribution in [3.8, 4) is 16.9 Å². The third-order valence-electron chi connectivity index (χ3n) is 3.97. The van der Waals surface area contributed by atoms with Crippen LogP contribution in [-0.2, 0) is 12.8 Å². The summed E-state index contributed by atoms with van der Waals surface area (Å²) in [6.07, 6.45) is -4.47. The summed E-state index contributed by atoms with van der Waals surface area (Å²) in [5.41, 5.74) is 0.616. The smallest absolute Gasteiger partial charge is 0.416 e. The van der Waals surface area contributed by atoms with E-state index in [1.165, 1.54) is 24.3 Å². The molecule has 0 saturated carbocycles. The second-order valence-electron chi connectivity index (χ2n) is 5.87. The van der Waals surface area contributed by atoms with Gasteiger partial charge in [-0.15, -0.1) is 0 Å². The zero-order valence-electron chi connectivity index (χ0n) is 14.0. The van der Waals surface area contributed by atoms with E-state index < -0.39 is 17.7 Å². The molecule has 3 rings (SSSR count). The summed E-state index contributed by atoms with van der Waals surface area (Å²) in [6, 6.07) is 18.3. The lowest BCUT2D eigenvalue weighted by atomic mass is 10.0. The molecule has 138 valence electrons. The first-order valence-electron chi connectivity index (χ1n) is 8.06. The van der Waals surface area contributed by atoms with Gasteiger partial charge in [0.05, 0.1) is 5.56 Å². The van der Waals surface area contributed by atoms with Gasteiger partial charge in [0.15, 0.2) is 0 Å². The van der Waals surface area contributed by atoms with Crippen LogP contribution in [-0.4, -0.2) is 11.1 Å². The summed E-state index contributed by atoms with van der Waals surface area (Å²) in [5.74, 6) is -1.06. The first kappa shape index (κ1) is 18.5. The molecule has 0 fully saturated rings. The highest BCUT2D eigenvalue weighted by Crippen LogP contribution is 2.33. The molecule has 27 heavy (non-hydrogen) atoms. The van der Waals surface area contributed by atoms with Crippen LogP contribution in [0.25, 0.3) is 11.1 Å². The Labute approximate surface area is 153 Å². The van der Waals surface area contributed by atoms with E-state index in [2.05, 4.69) is 0 Å². The molecule has 0 amide bonds. The van der Waals surface area contributed by atoms with Gasteiger partial charge in [0, 0.05) is 0 Å². The van der Waals surface area contributed by atoms with E-state index in [0.29, 0.717) is 5.56 Å². The predicted octanol–water partition coefficient (Wildman–Crippen LogP) is 5.65. The molecule has 1 N–H and O–H groups in total. The van der Waals surface area contributed by atoms with E-state index in [9.17, 15) is 23.1 Å². The van der Waals surface area contributed by atoms with Crippen LogP contribution < -0.4 is 4.74 Å². The van der Waals surface area contributed by atoms with Gasteiger partial charge in [-0.3, -0.25) is 0 Å². The molecule has 0 saturated heterocycles. The van der Waals surface area contributed by atoms with Gasteiger partial charge in [0.2, 0.25) is 0 Å². The number of carboxylic acid groups (broad SMARTS) is 1. The van der Waals surface area contributed by atoms with Gasteiger partial charge >= 0.3 is 12.1 Å². The van der Waals surface area contributed by atoms with Crippen molar-refractivity contribution in [1.29, 1.82) is 0 Å². The highest BCUT2D eigenvalue weighted by Gasteiger charge is 2.30. The van der Waals surface area contributed by atoms with E-state index in [4.69, 9.17) is 4.74 Å². The predicted molar refractivity (Wildman–Crippen MR) is 94.6 cm³/mol. The van der Waals surface area contributed by atoms with Crippen molar-refractivity contribution in [2.75, 3.05) is 0 Å². The lowest BCUT2D eigenvalue weighted by molar-refractivity contribution is -0.137. The summed E-state index contributed by atoms with van der Waals surface area (Å²) in [7, 11) is 0. The number of ether oxygens (including phenoxy) is 1. The van der Waals surface area contributed by atoms with Crippen LogP contribution in [0.2, 0.25) is 0 Å². The van der Waals surface area contributed by atoms with Crippen LogP contribution >= 0.6 is 0 Å². The summed E-state index contributed by atoms with van der Waals surface area (Å²) in [4.78, 5) is 11.6. The molecule has 3 nitrogen and oxygen atoms in total. The van der Waals surface area contributed by atoms with Crippen LogP contribution in [0.4, 0.5) is 13.2 Å². The fourth-order valence-corrected chi connectivity index (χ4v) is 2.61. The summed E-state index contributed by atoms with van der Waals surface area (Å²) in [5, 5.41) is 9.46. The molecule has 0 radical (unpaired) electrons. The van der Waals surface area contributed by atoms with Crippen LogP contribution in [0.3, 0.4) is 0 Å². The molecule has 0 atom stereocenters. The third kappa shape index (κ3) is 4.47. The minimum absolute atomic E-state index is 0.110. The van der Waals surface area contributed by atoms with E-state index in [-0.39, 0.29) is 23.5 Å². The Morgan fingerprint density at radius 1 is 0.889 bits per heavy atom. The van der Waals surface area contributed by atoms with Crippen molar-refractivity contribution in [1.82, 2.24) is 0 Å². The van der Waals surface area contributed by atoms with Crippen molar-refractivity contribution < 1.29 is 27.8 Å². The third-order valence-corrected chi connectivity index (χ3v) is 3.97. The SMILES string of the molecule is O=C(O)c1cc(-c2cccc(C(F)(F)F)c2)ccc1OCc1ccccc1. The van der Waals surface area contributed by atoms with Crippen molar-refractivity contribution in [3.05, 3.63) is 89.5 Å². The fourth-order valence-electron chi connectivity index (χ4n) is 2.61. The Bertz CT molecular complexity index is 950. The van der Waals surface area contributed by atoms with Gasteiger partial charge in [0.25, 0.3) is 0 Å². The average molecular weight is 372 g/mol. The minimum atomic E-state index is -4.47. The summed E-state index contributed by atoms with van der Waals surface area (Å²) >= 11 is 0. The number of carbonyl (C=O) groups is 1. The molecule has 3 aromatic carbocycles. The zero-order valence-corrected chi connectivity index (χ0v) is 14.0. The standard InChI is InChI=1S/C21H15F3O3/c22-21(23,24)17-8-4-7-15(11-17)16-9-10-19(18(12-16)20(25)26)27-13-14-5-2-1-3-6-14/h1-12H,13H2,(H,25,26). The van der Waals surface area contributed by atoms with Crippen molar-refractivity contribution in [3.63, 3.8) is 0 Å². The first-order chi connectivity index (χ1) is 12.8. The average Bonchev–Trinajstić information content (AvgIpc) is 2.66. The Morgan fingerprint density at radius 3 is 2.26 bits per heavy atom. The molecule has 0 aliphatic carbocycles. The van der Waals surface area contributed by atoms with E-state index >= 15 is 0 Å². The molecule has 0 bridgehead atoms. The number of aromatic carboxylic acids is 1. The molecule has 3 aromatic rings. The van der Waals surface area contributed by atoms with Crippen molar-refractivity contribution in [2.24, 2.45) is 0 Å². The topological polar surface area (TPSA) is 46.5 Å². The van der Waals surface area contributed by atoms with Crippen molar-refractivity contribution in [2.45, 2.75) is 12.8 Å². The van der Waals surface area contributed by atoms with Gasteiger partial charge in [-0.25, -0.2) is 4.79 Å². The maximum Gasteiger partial charge on any atom is 0.416 e. The van der Waals surface area contributed by atoms with E-state index in [0.717, 1.165) is 17.7 Å². The maximum absolute atomic E-state index is 12.9. The van der Waals surface area contributed by atoms with E-state index in [1.54, 1.807) is 6.07 Å². The normalized spacial score (nSPS) is 11.2. The van der Waals surface area contributed by atoms with Crippen molar-refractivity contribution >= 4 is 5.97 Å². The largest absolute Gasteiger partial charge is 0.488 e. The molecule has 0 aromatic heterocycles. The molecule has 6 heteroatoms. The van der Waals surface area contributed by atoms with Crippen LogP contribution in [0.15, 0.2) is 72.8 Å². The molecule has 0 unspecified atom stereocenters. The van der Waals surface area contributed by atoms with E-state index in [1.807, 2.05) is 30.3 Å². The molecular formula is C21H15F3O3. The Kier molecular flexibility index (Phi) is 5.16. The quantitative estimate of drug-likeness (QED) is 0.630. The molecule has 0 spiro atoms. The van der Waals surface area contributed by atoms with Gasteiger partial charge in [-0.2, -0.15) is 13.2 Å². The second-order valence-corrected chi connectivity index (χ2v) is 5.87. The fraction of sp³-hybridized carbons (Fsp3) is 0.0952. The van der Waals surface area contributed by atoms with Crippen LogP contribution in [0.1, 0.15) is 21.5 Å². The Hall–Kier alpha value is -3.28. The molecule has 0 aliphatic rings. The van der Waals surface area contributed by atoms with Gasteiger partial charge in [0.1, 0.15) is 17.9 Å². The monoisotopic (exact) mass is 372 g/mol. The Morgan fingerprint density at radius 2 is 1.59 bits per heavy atom. The highest BCUT2D eigenvalue weighted by atomic mass is 19.4. The van der Waals surface area contributed by atoms with Crippen LogP contribution in [0, 0.1) is 0 Å². The van der Waals surface area contributed by atoms with Gasteiger partial charge in [-0.1, -0.05) is 48.5 Å². The van der Waals surface area contributed by atoms with Gasteiger partial charge in [-0.05, 0) is 41.0 Å². The number of carboxylic acids is 1. The summed E-state index contributed by atoms with van der Waals surface area (Å²) < 4.78 is 44.3. The molecular weight excluding hydrogens is 357 g/mol. The van der Waals surface area contributed by atoms with Crippen LogP contribution in [0.5, 0.6) is 5.75 Å². The lowest BCUT2D eigenvalue weighted by Gasteiger charge is -2.12. The number of rotatable bonds is 5. The Balaban J connectivity index is 1.91. The zero-order chi connectivity index (χ0) is 19.4. The number of benzene rings is 3. The number of hydrogen-bond donors (Lipinski definition) is 1. The second kappa shape index (κ2) is 7.53.